The first-order valence-electron chi connectivity index (χ1n) is 12.8. The van der Waals surface area contributed by atoms with Crippen molar-refractivity contribution in [2.75, 3.05) is 0 Å². The highest BCUT2D eigenvalue weighted by Gasteiger charge is 2.35. The van der Waals surface area contributed by atoms with Gasteiger partial charge in [0.25, 0.3) is 0 Å². The molecule has 1 heterocycles. The molecule has 0 amide bonds. The van der Waals surface area contributed by atoms with Gasteiger partial charge in [0.1, 0.15) is 6.10 Å². The summed E-state index contributed by atoms with van der Waals surface area (Å²) in [6.45, 7) is 6.06. The Bertz CT molecular complexity index is 359. The Labute approximate surface area is 177 Å². The molecule has 0 aliphatic carbocycles. The van der Waals surface area contributed by atoms with Crippen molar-refractivity contribution in [1.29, 1.82) is 0 Å². The zero-order valence-corrected chi connectivity index (χ0v) is 19.1. The molecule has 2 atom stereocenters. The normalized spacial score (nSPS) is 18.8. The molecular formula is C27H50O. The van der Waals surface area contributed by atoms with Gasteiger partial charge in [-0.3, -0.25) is 0 Å². The number of rotatable bonds is 22. The van der Waals surface area contributed by atoms with E-state index in [9.17, 15) is 0 Å². The van der Waals surface area contributed by atoms with Gasteiger partial charge in [-0.25, -0.2) is 0 Å². The monoisotopic (exact) mass is 390 g/mol. The van der Waals surface area contributed by atoms with E-state index in [-0.39, 0.29) is 0 Å². The average molecular weight is 391 g/mol. The maximum atomic E-state index is 5.74. The Balaban J connectivity index is 1.71. The summed E-state index contributed by atoms with van der Waals surface area (Å²) in [5, 5.41) is 0. The van der Waals surface area contributed by atoms with Crippen LogP contribution in [0.2, 0.25) is 0 Å². The third kappa shape index (κ3) is 16.4. The molecule has 0 radical (unpaired) electrons. The summed E-state index contributed by atoms with van der Waals surface area (Å²) < 4.78 is 5.74. The van der Waals surface area contributed by atoms with Gasteiger partial charge in [0, 0.05) is 0 Å². The van der Waals surface area contributed by atoms with Crippen molar-refractivity contribution >= 4 is 0 Å². The second kappa shape index (κ2) is 19.7. The van der Waals surface area contributed by atoms with Gasteiger partial charge in [-0.05, 0) is 32.1 Å². The van der Waals surface area contributed by atoms with Crippen LogP contribution in [-0.2, 0) is 4.74 Å². The molecule has 0 aromatic heterocycles. The van der Waals surface area contributed by atoms with Crippen LogP contribution < -0.4 is 0 Å². The quantitative estimate of drug-likeness (QED) is 0.102. The van der Waals surface area contributed by atoms with E-state index < -0.39 is 0 Å². The largest absolute Gasteiger partial charge is 0.365 e. The van der Waals surface area contributed by atoms with Gasteiger partial charge in [0.2, 0.25) is 0 Å². The fourth-order valence-corrected chi connectivity index (χ4v) is 4.06. The first-order valence-corrected chi connectivity index (χ1v) is 12.8. The summed E-state index contributed by atoms with van der Waals surface area (Å²) >= 11 is 0. The molecule has 1 aliphatic heterocycles. The number of epoxide rings is 1. The molecule has 0 saturated carbocycles. The highest BCUT2D eigenvalue weighted by atomic mass is 16.6. The van der Waals surface area contributed by atoms with E-state index in [4.69, 9.17) is 4.74 Å². The maximum Gasteiger partial charge on any atom is 0.102 e. The van der Waals surface area contributed by atoms with Gasteiger partial charge < -0.3 is 4.74 Å². The van der Waals surface area contributed by atoms with Crippen LogP contribution in [0.5, 0.6) is 0 Å². The minimum Gasteiger partial charge on any atom is -0.365 e. The van der Waals surface area contributed by atoms with E-state index in [1.54, 1.807) is 0 Å². The van der Waals surface area contributed by atoms with Crippen molar-refractivity contribution in [2.24, 2.45) is 0 Å². The molecule has 0 aromatic carbocycles. The smallest absolute Gasteiger partial charge is 0.102 e. The van der Waals surface area contributed by atoms with E-state index >= 15 is 0 Å². The standard InChI is InChI=1S/C27H50O/c1-3-5-7-9-10-11-12-13-14-15-16-17-18-19-20-21-23-25-27-26(28-27)24-22-8-6-4-2/h3,23,25-27H,1,4-22,24H2,2H3/b25-23-. The van der Waals surface area contributed by atoms with Crippen LogP contribution in [0.4, 0.5) is 0 Å². The van der Waals surface area contributed by atoms with Crippen molar-refractivity contribution in [3.63, 3.8) is 0 Å². The van der Waals surface area contributed by atoms with Crippen LogP contribution in [0.1, 0.15) is 135 Å². The van der Waals surface area contributed by atoms with Crippen molar-refractivity contribution in [3.05, 3.63) is 24.8 Å². The van der Waals surface area contributed by atoms with Crippen molar-refractivity contribution in [1.82, 2.24) is 0 Å². The molecular weight excluding hydrogens is 340 g/mol. The Morgan fingerprint density at radius 3 is 1.68 bits per heavy atom. The molecule has 164 valence electrons. The second-order valence-electron chi connectivity index (χ2n) is 8.88. The lowest BCUT2D eigenvalue weighted by Crippen LogP contribution is -1.90. The van der Waals surface area contributed by atoms with E-state index in [0.29, 0.717) is 12.2 Å². The fourth-order valence-electron chi connectivity index (χ4n) is 4.06. The van der Waals surface area contributed by atoms with Crippen LogP contribution >= 0.6 is 0 Å². The molecule has 0 bridgehead atoms. The molecule has 28 heavy (non-hydrogen) atoms. The first kappa shape index (κ1) is 25.5. The molecule has 1 heteroatoms. The van der Waals surface area contributed by atoms with Crippen molar-refractivity contribution in [2.45, 2.75) is 148 Å². The molecule has 1 nitrogen and oxygen atoms in total. The molecule has 1 rings (SSSR count). The average Bonchev–Trinajstić information content (AvgIpc) is 3.46. The predicted octanol–water partition coefficient (Wildman–Crippen LogP) is 9.32. The lowest BCUT2D eigenvalue weighted by molar-refractivity contribution is 0.372. The summed E-state index contributed by atoms with van der Waals surface area (Å²) in [4.78, 5) is 0. The zero-order chi connectivity index (χ0) is 20.1. The van der Waals surface area contributed by atoms with Gasteiger partial charge in [0.15, 0.2) is 0 Å². The predicted molar refractivity (Wildman–Crippen MR) is 126 cm³/mol. The van der Waals surface area contributed by atoms with E-state index in [0.717, 1.165) is 0 Å². The molecule has 1 aliphatic rings. The highest BCUT2D eigenvalue weighted by Crippen LogP contribution is 2.28. The summed E-state index contributed by atoms with van der Waals surface area (Å²) in [6, 6.07) is 0. The maximum absolute atomic E-state index is 5.74. The summed E-state index contributed by atoms with van der Waals surface area (Å²) in [5.41, 5.74) is 0. The van der Waals surface area contributed by atoms with E-state index in [1.165, 1.54) is 128 Å². The highest BCUT2D eigenvalue weighted by molar-refractivity contribution is 5.02. The van der Waals surface area contributed by atoms with Crippen LogP contribution in [0, 0.1) is 0 Å². The SMILES string of the molecule is C=CCCCCCCCCCCCCCCC/C=C\C1OC1CCCCCC. The van der Waals surface area contributed by atoms with Crippen molar-refractivity contribution < 1.29 is 4.74 Å². The lowest BCUT2D eigenvalue weighted by atomic mass is 10.0. The molecule has 1 saturated heterocycles. The third-order valence-corrected chi connectivity index (χ3v) is 6.07. The minimum atomic E-state index is 0.453. The molecule has 0 spiro atoms. The zero-order valence-electron chi connectivity index (χ0n) is 19.1. The van der Waals surface area contributed by atoms with Gasteiger partial charge in [0.05, 0.1) is 6.10 Å². The summed E-state index contributed by atoms with van der Waals surface area (Å²) in [7, 11) is 0. The number of ether oxygens (including phenoxy) is 1. The van der Waals surface area contributed by atoms with Crippen molar-refractivity contribution in [3.8, 4) is 0 Å². The summed E-state index contributed by atoms with van der Waals surface area (Å²) in [5.74, 6) is 0. The van der Waals surface area contributed by atoms with Gasteiger partial charge in [-0.2, -0.15) is 0 Å². The number of allylic oxidation sites excluding steroid dienone is 2. The van der Waals surface area contributed by atoms with Gasteiger partial charge in [-0.1, -0.05) is 121 Å². The molecule has 1 fully saturated rings. The molecule has 0 N–H and O–H groups in total. The van der Waals surface area contributed by atoms with Crippen LogP contribution in [0.3, 0.4) is 0 Å². The molecule has 0 aromatic rings. The first-order chi connectivity index (χ1) is 13.9. The van der Waals surface area contributed by atoms with Gasteiger partial charge in [-0.15, -0.1) is 6.58 Å². The number of unbranched alkanes of at least 4 members (excludes halogenated alkanes) is 17. The number of hydrogen-bond donors (Lipinski definition) is 0. The van der Waals surface area contributed by atoms with Crippen LogP contribution in [0.25, 0.3) is 0 Å². The van der Waals surface area contributed by atoms with Gasteiger partial charge >= 0.3 is 0 Å². The summed E-state index contributed by atoms with van der Waals surface area (Å²) in [6.07, 6.45) is 35.4. The minimum absolute atomic E-state index is 0.453. The fraction of sp³-hybridized carbons (Fsp3) is 0.852. The second-order valence-corrected chi connectivity index (χ2v) is 8.88. The van der Waals surface area contributed by atoms with Crippen LogP contribution in [-0.4, -0.2) is 12.2 Å². The molecule has 2 unspecified atom stereocenters. The van der Waals surface area contributed by atoms with Crippen LogP contribution in [0.15, 0.2) is 24.8 Å². The topological polar surface area (TPSA) is 12.5 Å². The Morgan fingerprint density at radius 1 is 0.643 bits per heavy atom. The Hall–Kier alpha value is -0.560. The Kier molecular flexibility index (Phi) is 18.0. The third-order valence-electron chi connectivity index (χ3n) is 6.07. The van der Waals surface area contributed by atoms with E-state index in [1.807, 2.05) is 6.08 Å². The lowest BCUT2D eigenvalue weighted by Gasteiger charge is -2.02. The Morgan fingerprint density at radius 2 is 1.14 bits per heavy atom. The number of hydrogen-bond acceptors (Lipinski definition) is 1. The van der Waals surface area contributed by atoms with E-state index in [2.05, 4.69) is 25.7 Å².